The predicted octanol–water partition coefficient (Wildman–Crippen LogP) is 5.01. The van der Waals surface area contributed by atoms with Crippen molar-refractivity contribution in [1.29, 1.82) is 0 Å². The van der Waals surface area contributed by atoms with E-state index in [1.165, 1.54) is 41.8 Å². The Labute approximate surface area is 187 Å². The zero-order chi connectivity index (χ0) is 21.6. The molecule has 1 aliphatic carbocycles. The normalized spacial score (nSPS) is 19.9. The lowest BCUT2D eigenvalue weighted by Crippen LogP contribution is -2.32. The van der Waals surface area contributed by atoms with E-state index in [4.69, 9.17) is 9.72 Å². The van der Waals surface area contributed by atoms with E-state index in [9.17, 15) is 4.79 Å². The molecule has 0 saturated carbocycles. The average Bonchev–Trinajstić information content (AvgIpc) is 3.22. The molecule has 0 unspecified atom stereocenters. The Balaban J connectivity index is 1.21. The van der Waals surface area contributed by atoms with E-state index in [1.54, 1.807) is 6.92 Å². The molecule has 0 radical (unpaired) electrons. The monoisotopic (exact) mass is 420 g/mol. The number of carbonyl (C=O) groups excluding carboxylic acids is 1. The van der Waals surface area contributed by atoms with E-state index in [-0.39, 0.29) is 17.9 Å². The number of unbranched alkanes of at least 4 members (excludes halogenated alkanes) is 1. The van der Waals surface area contributed by atoms with E-state index in [0.29, 0.717) is 0 Å². The molecular formula is C27H36N2O2. The number of aryl methyl sites for hydroxylation is 3. The summed E-state index contributed by atoms with van der Waals surface area (Å²) in [7, 11) is 0. The van der Waals surface area contributed by atoms with Crippen LogP contribution in [0.2, 0.25) is 0 Å². The molecule has 4 rings (SSSR count). The number of Topliss-reactive ketones (excluding diaryl/α,β-unsaturated/α-hetero) is 1. The van der Waals surface area contributed by atoms with Crippen LogP contribution in [0.5, 0.6) is 0 Å². The fraction of sp³-hybridized carbons (Fsp3) is 0.556. The summed E-state index contributed by atoms with van der Waals surface area (Å²) in [5.41, 5.74) is 6.62. The molecule has 0 spiro atoms. The number of hydrogen-bond donors (Lipinski definition) is 0. The van der Waals surface area contributed by atoms with Gasteiger partial charge in [0.1, 0.15) is 0 Å². The van der Waals surface area contributed by atoms with Gasteiger partial charge in [-0.3, -0.25) is 14.7 Å². The number of rotatable bonds is 9. The van der Waals surface area contributed by atoms with Crippen molar-refractivity contribution >= 4 is 5.78 Å². The van der Waals surface area contributed by atoms with Gasteiger partial charge in [0, 0.05) is 31.1 Å². The fourth-order valence-electron chi connectivity index (χ4n) is 5.23. The highest BCUT2D eigenvalue weighted by Gasteiger charge is 2.32. The molecular weight excluding hydrogens is 384 g/mol. The number of hydrogen-bond acceptors (Lipinski definition) is 4. The molecule has 0 N–H and O–H groups in total. The number of pyridine rings is 1. The lowest BCUT2D eigenvalue weighted by Gasteiger charge is -2.26. The summed E-state index contributed by atoms with van der Waals surface area (Å²) in [4.78, 5) is 19.5. The van der Waals surface area contributed by atoms with Crippen molar-refractivity contribution in [2.75, 3.05) is 19.7 Å². The topological polar surface area (TPSA) is 42.4 Å². The summed E-state index contributed by atoms with van der Waals surface area (Å²) in [6.07, 6.45) is 9.38. The molecule has 4 heteroatoms. The largest absolute Gasteiger partial charge is 0.377 e. The maximum Gasteiger partial charge on any atom is 0.151 e. The molecule has 4 nitrogen and oxygen atoms in total. The molecule has 31 heavy (non-hydrogen) atoms. The summed E-state index contributed by atoms with van der Waals surface area (Å²) in [5, 5.41) is 0. The maximum absolute atomic E-state index is 12.3. The third-order valence-corrected chi connectivity index (χ3v) is 6.80. The van der Waals surface area contributed by atoms with Gasteiger partial charge in [0.25, 0.3) is 0 Å². The molecule has 0 bridgehead atoms. The SMILES string of the molecule is CC(=O)[C@@H](c1ccccc1)N1CC[C@@H](OCCCCc2cc(C)c3c(n2)CCCC3)C1. The number of benzene rings is 1. The quantitative estimate of drug-likeness (QED) is 0.535. The molecule has 1 aliphatic heterocycles. The molecule has 1 aromatic heterocycles. The van der Waals surface area contributed by atoms with Crippen molar-refractivity contribution in [2.24, 2.45) is 0 Å². The molecule has 2 aliphatic rings. The van der Waals surface area contributed by atoms with Gasteiger partial charge >= 0.3 is 0 Å². The zero-order valence-corrected chi connectivity index (χ0v) is 19.1. The second-order valence-electron chi connectivity index (χ2n) is 9.22. The number of aromatic nitrogens is 1. The van der Waals surface area contributed by atoms with E-state index in [2.05, 4.69) is 30.0 Å². The number of fused-ring (bicyclic) bond motifs is 1. The van der Waals surface area contributed by atoms with Crippen molar-refractivity contribution in [2.45, 2.75) is 77.4 Å². The number of likely N-dealkylation sites (tertiary alicyclic amines) is 1. The van der Waals surface area contributed by atoms with Crippen molar-refractivity contribution in [3.8, 4) is 0 Å². The lowest BCUT2D eigenvalue weighted by atomic mass is 9.92. The Bertz CT molecular complexity index is 880. The summed E-state index contributed by atoms with van der Waals surface area (Å²) >= 11 is 0. The first-order valence-electron chi connectivity index (χ1n) is 12.0. The van der Waals surface area contributed by atoms with Gasteiger partial charge in [0.15, 0.2) is 5.78 Å². The maximum atomic E-state index is 12.3. The molecule has 1 fully saturated rings. The first-order chi connectivity index (χ1) is 15.1. The first kappa shape index (κ1) is 22.2. The van der Waals surface area contributed by atoms with Gasteiger partial charge in [-0.1, -0.05) is 30.3 Å². The summed E-state index contributed by atoms with van der Waals surface area (Å²) in [5.74, 6) is 0.208. The van der Waals surface area contributed by atoms with Crippen LogP contribution in [0.3, 0.4) is 0 Å². The minimum absolute atomic E-state index is 0.145. The standard InChI is InChI=1S/C27H36N2O2/c1-20-18-23(28-26-14-7-6-13-25(20)26)12-8-9-17-31-24-15-16-29(19-24)27(21(2)30)22-10-4-3-5-11-22/h3-5,10-11,18,24,27H,6-9,12-17,19H2,1-2H3/t24-,27+/m1/s1. The minimum Gasteiger partial charge on any atom is -0.377 e. The van der Waals surface area contributed by atoms with E-state index in [1.807, 2.05) is 18.2 Å². The number of ketones is 1. The van der Waals surface area contributed by atoms with Gasteiger partial charge in [-0.15, -0.1) is 0 Å². The van der Waals surface area contributed by atoms with Crippen LogP contribution in [0.25, 0.3) is 0 Å². The van der Waals surface area contributed by atoms with Crippen molar-refractivity contribution in [3.05, 3.63) is 64.5 Å². The molecule has 166 valence electrons. The van der Waals surface area contributed by atoms with Crippen LogP contribution in [0.1, 0.15) is 73.1 Å². The highest BCUT2D eigenvalue weighted by molar-refractivity contribution is 5.83. The van der Waals surface area contributed by atoms with Crippen LogP contribution in [-0.4, -0.2) is 41.5 Å². The second kappa shape index (κ2) is 10.5. The third kappa shape index (κ3) is 5.61. The summed E-state index contributed by atoms with van der Waals surface area (Å²) < 4.78 is 6.18. The van der Waals surface area contributed by atoms with Crippen LogP contribution in [-0.2, 0) is 28.8 Å². The molecule has 2 atom stereocenters. The summed E-state index contributed by atoms with van der Waals surface area (Å²) in [6.45, 7) is 6.49. The molecule has 1 aromatic carbocycles. The smallest absolute Gasteiger partial charge is 0.151 e. The first-order valence-corrected chi connectivity index (χ1v) is 12.0. The van der Waals surface area contributed by atoms with Gasteiger partial charge in [-0.05, 0) is 88.0 Å². The third-order valence-electron chi connectivity index (χ3n) is 6.80. The van der Waals surface area contributed by atoms with Crippen molar-refractivity contribution in [3.63, 3.8) is 0 Å². The molecule has 2 heterocycles. The van der Waals surface area contributed by atoms with Gasteiger partial charge in [-0.2, -0.15) is 0 Å². The summed E-state index contributed by atoms with van der Waals surface area (Å²) in [6, 6.07) is 12.3. The zero-order valence-electron chi connectivity index (χ0n) is 19.1. The van der Waals surface area contributed by atoms with Crippen LogP contribution in [0, 0.1) is 6.92 Å². The second-order valence-corrected chi connectivity index (χ2v) is 9.22. The number of nitrogens with zero attached hydrogens (tertiary/aromatic N) is 2. The van der Waals surface area contributed by atoms with Crippen molar-refractivity contribution in [1.82, 2.24) is 9.88 Å². The molecule has 0 amide bonds. The van der Waals surface area contributed by atoms with Gasteiger partial charge in [0.2, 0.25) is 0 Å². The fourth-order valence-corrected chi connectivity index (χ4v) is 5.23. The van der Waals surface area contributed by atoms with E-state index >= 15 is 0 Å². The lowest BCUT2D eigenvalue weighted by molar-refractivity contribution is -0.122. The van der Waals surface area contributed by atoms with Crippen LogP contribution in [0.15, 0.2) is 36.4 Å². The number of ether oxygens (including phenoxy) is 1. The Morgan fingerprint density at radius 3 is 2.81 bits per heavy atom. The Morgan fingerprint density at radius 2 is 2.00 bits per heavy atom. The van der Waals surface area contributed by atoms with E-state index < -0.39 is 0 Å². The van der Waals surface area contributed by atoms with Crippen LogP contribution >= 0.6 is 0 Å². The van der Waals surface area contributed by atoms with Crippen LogP contribution in [0.4, 0.5) is 0 Å². The minimum atomic E-state index is -0.145. The predicted molar refractivity (Wildman–Crippen MR) is 124 cm³/mol. The van der Waals surface area contributed by atoms with Gasteiger partial charge in [-0.25, -0.2) is 0 Å². The van der Waals surface area contributed by atoms with Crippen molar-refractivity contribution < 1.29 is 9.53 Å². The highest BCUT2D eigenvalue weighted by Crippen LogP contribution is 2.27. The Morgan fingerprint density at radius 1 is 1.19 bits per heavy atom. The average molecular weight is 421 g/mol. The molecule has 1 saturated heterocycles. The molecule has 2 aromatic rings. The van der Waals surface area contributed by atoms with Gasteiger partial charge in [0.05, 0.1) is 12.1 Å². The van der Waals surface area contributed by atoms with E-state index in [0.717, 1.165) is 57.4 Å². The van der Waals surface area contributed by atoms with Gasteiger partial charge < -0.3 is 4.74 Å². The Kier molecular flexibility index (Phi) is 7.52. The Hall–Kier alpha value is -2.04. The highest BCUT2D eigenvalue weighted by atomic mass is 16.5. The number of carbonyl (C=O) groups is 1. The van der Waals surface area contributed by atoms with Crippen LogP contribution < -0.4 is 0 Å².